The Morgan fingerprint density at radius 1 is 0.551 bits per heavy atom. The van der Waals surface area contributed by atoms with Crippen molar-refractivity contribution >= 4 is 48.2 Å². The van der Waals surface area contributed by atoms with E-state index in [1.165, 1.54) is 122 Å². The molecule has 4 aromatic carbocycles. The maximum Gasteiger partial charge on any atom is 0.331 e. The van der Waals surface area contributed by atoms with Crippen LogP contribution in [0.4, 0.5) is 0 Å². The number of aliphatic hydroxyl groups excluding tert-OH is 4. The second-order valence-corrected chi connectivity index (χ2v) is 15.4. The molecule has 0 bridgehead atoms. The first kappa shape index (κ1) is 50.8. The lowest BCUT2D eigenvalue weighted by Gasteiger charge is -2.43. The Labute approximate surface area is 393 Å². The van der Waals surface area contributed by atoms with E-state index in [0.29, 0.717) is 22.3 Å². The summed E-state index contributed by atoms with van der Waals surface area (Å²) in [6.45, 7) is -2.57. The fourth-order valence-electron chi connectivity index (χ4n) is 6.75. The summed E-state index contributed by atoms with van der Waals surface area (Å²) in [7, 11) is 1.34. The van der Waals surface area contributed by atoms with Crippen LogP contribution in [0.5, 0.6) is 28.7 Å². The number of carbonyl (C=O) groups excluding carboxylic acids is 4. The van der Waals surface area contributed by atoms with Crippen molar-refractivity contribution in [3.8, 4) is 28.7 Å². The standard InChI is InChI=1S/C49H48O20/c1-62-36-24-31(8-19-35(36)53)12-22-40(55)63-25-37-43(58)45(60)46(61)48(66-37)69-49(27-65-41(56)21-10-29-4-15-33(51)16-5-29)47(67-42(57)23-11-30-6-17-34(52)18-7-30)44(59)38(68-49)26-64-39(54)20-9-28-2-13-32(50)14-3-28/h2-24,37-38,43-48,50-53,58-61H,25-27H2,1H3/b20-9+,21-10+,22-12-,23-11+/t37-,38-,43-,44-,45+,46-,47+,48-,49+/m1/s1. The molecule has 4 aromatic rings. The van der Waals surface area contributed by atoms with Crippen LogP contribution in [0.25, 0.3) is 24.3 Å². The number of phenolic OH excluding ortho intramolecular Hbond substituents is 4. The van der Waals surface area contributed by atoms with Crippen LogP contribution in [0.15, 0.2) is 115 Å². The topological polar surface area (TPSA) is 304 Å². The first-order valence-electron chi connectivity index (χ1n) is 20.9. The fourth-order valence-corrected chi connectivity index (χ4v) is 6.75. The van der Waals surface area contributed by atoms with Crippen molar-refractivity contribution in [1.82, 2.24) is 0 Å². The Kier molecular flexibility index (Phi) is 17.3. The first-order valence-corrected chi connectivity index (χ1v) is 20.9. The molecule has 2 heterocycles. The average molecular weight is 957 g/mol. The van der Waals surface area contributed by atoms with Crippen LogP contribution in [-0.2, 0) is 52.3 Å². The molecular formula is C49H48O20. The van der Waals surface area contributed by atoms with Crippen molar-refractivity contribution in [2.24, 2.45) is 0 Å². The van der Waals surface area contributed by atoms with E-state index in [0.717, 1.165) is 24.3 Å². The smallest absolute Gasteiger partial charge is 0.331 e. The summed E-state index contributed by atoms with van der Waals surface area (Å²) in [5.41, 5.74) is 1.85. The molecule has 2 aliphatic rings. The molecule has 20 nitrogen and oxygen atoms in total. The highest BCUT2D eigenvalue weighted by Crippen LogP contribution is 2.39. The van der Waals surface area contributed by atoms with Gasteiger partial charge in [0.15, 0.2) is 23.9 Å². The van der Waals surface area contributed by atoms with Gasteiger partial charge in [-0.2, -0.15) is 0 Å². The van der Waals surface area contributed by atoms with Crippen LogP contribution in [-0.4, -0.2) is 146 Å². The zero-order valence-electron chi connectivity index (χ0n) is 36.5. The number of rotatable bonds is 18. The van der Waals surface area contributed by atoms with Gasteiger partial charge in [-0.15, -0.1) is 0 Å². The maximum atomic E-state index is 13.5. The number of phenols is 4. The number of aliphatic hydroxyl groups is 4. The third kappa shape index (κ3) is 14.0. The molecule has 0 saturated carbocycles. The Morgan fingerprint density at radius 2 is 1.00 bits per heavy atom. The molecule has 0 spiro atoms. The van der Waals surface area contributed by atoms with Gasteiger partial charge in [0.25, 0.3) is 0 Å². The van der Waals surface area contributed by atoms with Crippen LogP contribution in [0.3, 0.4) is 0 Å². The quantitative estimate of drug-likeness (QED) is 0.0404. The molecule has 20 heteroatoms. The lowest BCUT2D eigenvalue weighted by Crippen LogP contribution is -2.63. The molecule has 2 aliphatic heterocycles. The van der Waals surface area contributed by atoms with E-state index >= 15 is 0 Å². The Hall–Kier alpha value is -7.56. The van der Waals surface area contributed by atoms with Crippen LogP contribution in [0, 0.1) is 0 Å². The molecule has 0 aliphatic carbocycles. The fraction of sp³-hybridized carbons (Fsp3) is 0.265. The predicted molar refractivity (Wildman–Crippen MR) is 239 cm³/mol. The summed E-state index contributed by atoms with van der Waals surface area (Å²) in [5, 5.41) is 83.7. The molecule has 0 aromatic heterocycles. The number of aromatic hydroxyl groups is 4. The van der Waals surface area contributed by atoms with Crippen molar-refractivity contribution in [2.75, 3.05) is 26.9 Å². The Balaban J connectivity index is 1.27. The third-order valence-corrected chi connectivity index (χ3v) is 10.4. The average Bonchev–Trinajstić information content (AvgIpc) is 3.59. The minimum Gasteiger partial charge on any atom is -0.508 e. The molecule has 2 fully saturated rings. The van der Waals surface area contributed by atoms with Gasteiger partial charge in [-0.05, 0) is 95.1 Å². The number of benzene rings is 4. The van der Waals surface area contributed by atoms with Crippen LogP contribution >= 0.6 is 0 Å². The second kappa shape index (κ2) is 23.4. The van der Waals surface area contributed by atoms with Crippen LogP contribution in [0.2, 0.25) is 0 Å². The van der Waals surface area contributed by atoms with Crippen LogP contribution in [0.1, 0.15) is 22.3 Å². The Morgan fingerprint density at radius 3 is 1.51 bits per heavy atom. The molecule has 0 amide bonds. The normalized spacial score (nSPS) is 24.7. The molecule has 69 heavy (non-hydrogen) atoms. The zero-order valence-corrected chi connectivity index (χ0v) is 36.5. The van der Waals surface area contributed by atoms with Crippen molar-refractivity contribution < 1.29 is 97.9 Å². The molecule has 8 N–H and O–H groups in total. The van der Waals surface area contributed by atoms with E-state index < -0.39 is 98.5 Å². The molecule has 0 unspecified atom stereocenters. The lowest BCUT2D eigenvalue weighted by atomic mass is 9.98. The number of carbonyl (C=O) groups is 4. The lowest BCUT2D eigenvalue weighted by molar-refractivity contribution is -0.383. The number of esters is 4. The SMILES string of the molecule is COc1cc(/C=C\C(=O)OC[C@H]2O[C@H](O[C@]3(COC(=O)/C=C/c4ccc(O)cc4)O[C@H](COC(=O)/C=C/c4ccc(O)cc4)[C@@H](O)[C@@H]3OC(=O)/C=C/c3ccc(O)cc3)[C@H](O)[C@@H](O)[C@@H]2O)ccc1O. The number of hydrogen-bond acceptors (Lipinski definition) is 20. The minimum absolute atomic E-state index is 0.00809. The van der Waals surface area contributed by atoms with Gasteiger partial charge in [-0.3, -0.25) is 0 Å². The van der Waals surface area contributed by atoms with Gasteiger partial charge in [-0.1, -0.05) is 42.5 Å². The molecule has 9 atom stereocenters. The van der Waals surface area contributed by atoms with Gasteiger partial charge >= 0.3 is 23.9 Å². The van der Waals surface area contributed by atoms with Gasteiger partial charge in [0.05, 0.1) is 7.11 Å². The highest BCUT2D eigenvalue weighted by Gasteiger charge is 2.62. The van der Waals surface area contributed by atoms with Crippen molar-refractivity contribution in [3.63, 3.8) is 0 Å². The maximum absolute atomic E-state index is 13.5. The van der Waals surface area contributed by atoms with Crippen molar-refractivity contribution in [2.45, 2.75) is 54.8 Å². The van der Waals surface area contributed by atoms with Gasteiger partial charge in [-0.25, -0.2) is 19.2 Å². The summed E-state index contributed by atoms with van der Waals surface area (Å²) in [6, 6.07) is 21.5. The monoisotopic (exact) mass is 956 g/mol. The number of hydrogen-bond donors (Lipinski definition) is 8. The van der Waals surface area contributed by atoms with E-state index in [2.05, 4.69) is 0 Å². The minimum atomic E-state index is -2.69. The van der Waals surface area contributed by atoms with E-state index in [9.17, 15) is 60.0 Å². The Bertz CT molecular complexity index is 2520. The van der Waals surface area contributed by atoms with Gasteiger partial charge < -0.3 is 78.7 Å². The largest absolute Gasteiger partial charge is 0.508 e. The van der Waals surface area contributed by atoms with Crippen molar-refractivity contribution in [1.29, 1.82) is 0 Å². The summed E-state index contributed by atoms with van der Waals surface area (Å²) in [5.74, 6) is -6.87. The third-order valence-electron chi connectivity index (χ3n) is 10.4. The molecule has 2 saturated heterocycles. The second-order valence-electron chi connectivity index (χ2n) is 15.4. The summed E-state index contributed by atoms with van der Waals surface area (Å²) >= 11 is 0. The van der Waals surface area contributed by atoms with E-state index in [1.54, 1.807) is 0 Å². The summed E-state index contributed by atoms with van der Waals surface area (Å²) in [6.07, 6.45) is -6.19. The molecule has 364 valence electrons. The van der Waals surface area contributed by atoms with E-state index in [-0.39, 0.29) is 28.7 Å². The number of methoxy groups -OCH3 is 1. The molecule has 0 radical (unpaired) electrons. The molecular weight excluding hydrogens is 909 g/mol. The first-order chi connectivity index (χ1) is 33.0. The highest BCUT2D eigenvalue weighted by molar-refractivity contribution is 5.89. The van der Waals surface area contributed by atoms with Gasteiger partial charge in [0, 0.05) is 24.3 Å². The zero-order chi connectivity index (χ0) is 49.7. The predicted octanol–water partition coefficient (Wildman–Crippen LogP) is 2.49. The number of ether oxygens (including phenoxy) is 8. The van der Waals surface area contributed by atoms with Crippen molar-refractivity contribution in [3.05, 3.63) is 138 Å². The van der Waals surface area contributed by atoms with Crippen LogP contribution < -0.4 is 4.74 Å². The van der Waals surface area contributed by atoms with Gasteiger partial charge in [0.1, 0.15) is 73.7 Å². The van der Waals surface area contributed by atoms with E-state index in [1.807, 2.05) is 0 Å². The molecule has 6 rings (SSSR count). The summed E-state index contributed by atoms with van der Waals surface area (Å²) in [4.78, 5) is 52.4. The van der Waals surface area contributed by atoms with Gasteiger partial charge in [0.2, 0.25) is 5.79 Å². The highest BCUT2D eigenvalue weighted by atomic mass is 16.8. The van der Waals surface area contributed by atoms with E-state index in [4.69, 9.17) is 37.9 Å². The summed E-state index contributed by atoms with van der Waals surface area (Å²) < 4.78 is 45.0.